The SMILES string of the molecule is Cc1cccc(C(C)c2ccc(OP(=O)(Oc3ccccc3)Oc3ccc(C(C)(C)c4ccc(OP(=O)(Oc5ccccc5)Oc5ccc(C(C)c6cccc(C)c6)cc5)cc4)cc3)cc2)c1. The fourth-order valence-corrected chi connectivity index (χ4v) is 10.3. The number of phosphoric ester groups is 2. The van der Waals surface area contributed by atoms with Crippen molar-refractivity contribution in [2.24, 2.45) is 0 Å². The smallest absolute Gasteiger partial charge is 0.386 e. The van der Waals surface area contributed by atoms with Crippen LogP contribution in [0.1, 0.15) is 84.0 Å². The summed E-state index contributed by atoms with van der Waals surface area (Å²) in [6.45, 7) is 12.6. The second kappa shape index (κ2) is 20.3. The standard InChI is InChI=1S/C57H54O8P2/c1-41-15-13-17-47(39-41)43(3)45-23-31-53(32-24-45)62-66(58,60-51-19-9-7-10-20-51)64-55-35-27-49(28-36-55)57(5,6)50-29-37-56(38-30-50)65-67(59,61-52-21-11-8-12-22-52)63-54-33-25-46(26-34-54)44(4)48-18-14-16-42(2)40-48/h7-40,43-44H,1-6H3. The molecule has 8 aromatic carbocycles. The van der Waals surface area contributed by atoms with E-state index in [1.807, 2.05) is 60.7 Å². The summed E-state index contributed by atoms with van der Waals surface area (Å²) in [5.74, 6) is 2.28. The zero-order valence-corrected chi connectivity index (χ0v) is 40.2. The lowest BCUT2D eigenvalue weighted by atomic mass is 9.78. The summed E-state index contributed by atoms with van der Waals surface area (Å²) in [7, 11) is -8.49. The monoisotopic (exact) mass is 928 g/mol. The van der Waals surface area contributed by atoms with Crippen molar-refractivity contribution < 1.29 is 36.3 Å². The number of para-hydroxylation sites is 2. The molecule has 4 atom stereocenters. The highest BCUT2D eigenvalue weighted by atomic mass is 31.2. The molecule has 340 valence electrons. The van der Waals surface area contributed by atoms with Crippen LogP contribution in [-0.4, -0.2) is 0 Å². The van der Waals surface area contributed by atoms with Gasteiger partial charge in [-0.25, -0.2) is 0 Å². The molecule has 0 saturated carbocycles. The molecule has 0 aliphatic rings. The molecule has 0 aliphatic heterocycles. The van der Waals surface area contributed by atoms with Crippen molar-refractivity contribution in [1.82, 2.24) is 0 Å². The van der Waals surface area contributed by atoms with Gasteiger partial charge in [0.2, 0.25) is 0 Å². The first-order valence-corrected chi connectivity index (χ1v) is 25.2. The van der Waals surface area contributed by atoms with Crippen LogP contribution in [0.15, 0.2) is 206 Å². The van der Waals surface area contributed by atoms with E-state index >= 15 is 0 Å². The van der Waals surface area contributed by atoms with Crippen LogP contribution in [0.2, 0.25) is 0 Å². The molecule has 0 aromatic heterocycles. The maximum atomic E-state index is 14.4. The van der Waals surface area contributed by atoms with Crippen LogP contribution in [0.5, 0.6) is 34.5 Å². The first kappa shape index (κ1) is 46.5. The number of hydrogen-bond donors (Lipinski definition) is 0. The molecule has 4 unspecified atom stereocenters. The lowest BCUT2D eigenvalue weighted by Gasteiger charge is -2.27. The van der Waals surface area contributed by atoms with Crippen molar-refractivity contribution in [3.8, 4) is 34.5 Å². The normalized spacial score (nSPS) is 14.1. The van der Waals surface area contributed by atoms with E-state index in [2.05, 4.69) is 90.1 Å². The molecule has 8 nitrogen and oxygen atoms in total. The largest absolute Gasteiger partial charge is 0.647 e. The zero-order valence-electron chi connectivity index (χ0n) is 38.4. The minimum absolute atomic E-state index is 0.151. The first-order chi connectivity index (χ1) is 32.2. The van der Waals surface area contributed by atoms with E-state index in [1.165, 1.54) is 22.3 Å². The Hall–Kier alpha value is -6.98. The van der Waals surface area contributed by atoms with E-state index < -0.39 is 21.1 Å². The molecule has 0 spiro atoms. The third-order valence-electron chi connectivity index (χ3n) is 11.8. The Morgan fingerprint density at radius 2 is 0.627 bits per heavy atom. The lowest BCUT2D eigenvalue weighted by Crippen LogP contribution is -2.18. The van der Waals surface area contributed by atoms with Gasteiger partial charge in [-0.1, -0.05) is 172 Å². The molecule has 10 heteroatoms. The zero-order chi connectivity index (χ0) is 47.0. The Balaban J connectivity index is 0.962. The second-order valence-corrected chi connectivity index (χ2v) is 20.0. The number of hydrogen-bond acceptors (Lipinski definition) is 8. The Morgan fingerprint density at radius 3 is 0.925 bits per heavy atom. The van der Waals surface area contributed by atoms with Gasteiger partial charge in [0.25, 0.3) is 0 Å². The molecule has 0 fully saturated rings. The predicted octanol–water partition coefficient (Wildman–Crippen LogP) is 16.2. The third kappa shape index (κ3) is 11.9. The van der Waals surface area contributed by atoms with Gasteiger partial charge < -0.3 is 27.1 Å². The van der Waals surface area contributed by atoms with Crippen LogP contribution in [0, 0.1) is 13.8 Å². The summed E-state index contributed by atoms with van der Waals surface area (Å²) in [5, 5.41) is 0. The van der Waals surface area contributed by atoms with Gasteiger partial charge in [0, 0.05) is 17.3 Å². The fourth-order valence-electron chi connectivity index (χ4n) is 7.78. The van der Waals surface area contributed by atoms with Crippen molar-refractivity contribution in [3.05, 3.63) is 251 Å². The molecular weight excluding hydrogens is 875 g/mol. The van der Waals surface area contributed by atoms with Gasteiger partial charge in [-0.3, -0.25) is 0 Å². The molecule has 0 bridgehead atoms. The third-order valence-corrected chi connectivity index (χ3v) is 14.4. The van der Waals surface area contributed by atoms with Gasteiger partial charge in [-0.15, -0.1) is 0 Å². The molecule has 67 heavy (non-hydrogen) atoms. The van der Waals surface area contributed by atoms with E-state index in [1.54, 1.807) is 97.1 Å². The van der Waals surface area contributed by atoms with E-state index in [4.69, 9.17) is 27.1 Å². The highest BCUT2D eigenvalue weighted by molar-refractivity contribution is 7.50. The van der Waals surface area contributed by atoms with Crippen LogP contribution in [-0.2, 0) is 14.5 Å². The molecule has 0 saturated heterocycles. The number of phosphoric acid groups is 2. The minimum atomic E-state index is -4.25. The average molecular weight is 929 g/mol. The van der Waals surface area contributed by atoms with Crippen LogP contribution in [0.4, 0.5) is 0 Å². The van der Waals surface area contributed by atoms with Gasteiger partial charge in [-0.2, -0.15) is 9.13 Å². The van der Waals surface area contributed by atoms with Crippen LogP contribution in [0.25, 0.3) is 0 Å². The van der Waals surface area contributed by atoms with Crippen LogP contribution >= 0.6 is 15.6 Å². The fraction of sp³-hybridized carbons (Fsp3) is 0.158. The van der Waals surface area contributed by atoms with Gasteiger partial charge in [0.1, 0.15) is 34.5 Å². The van der Waals surface area contributed by atoms with Crippen LogP contribution in [0.3, 0.4) is 0 Å². The summed E-state index contributed by atoms with van der Waals surface area (Å²) in [5.41, 5.74) is 8.38. The Labute approximate surface area is 394 Å². The van der Waals surface area contributed by atoms with E-state index in [0.717, 1.165) is 22.3 Å². The van der Waals surface area contributed by atoms with Gasteiger partial charge in [0.15, 0.2) is 0 Å². The molecule has 8 aromatic rings. The van der Waals surface area contributed by atoms with Gasteiger partial charge in [0.05, 0.1) is 0 Å². The summed E-state index contributed by atoms with van der Waals surface area (Å²) in [6, 6.07) is 64.1. The van der Waals surface area contributed by atoms with Gasteiger partial charge in [-0.05, 0) is 120 Å². The Bertz CT molecular complexity index is 2770. The maximum Gasteiger partial charge on any atom is 0.647 e. The summed E-state index contributed by atoms with van der Waals surface area (Å²) in [4.78, 5) is 0. The number of benzene rings is 8. The van der Waals surface area contributed by atoms with Gasteiger partial charge >= 0.3 is 15.6 Å². The highest BCUT2D eigenvalue weighted by Crippen LogP contribution is 2.52. The van der Waals surface area contributed by atoms with E-state index in [9.17, 15) is 9.13 Å². The average Bonchev–Trinajstić information content (AvgIpc) is 3.32. The number of aryl methyl sites for hydroxylation is 2. The molecule has 0 heterocycles. The van der Waals surface area contributed by atoms with E-state index in [-0.39, 0.29) is 11.8 Å². The maximum absolute atomic E-state index is 14.4. The van der Waals surface area contributed by atoms with Crippen molar-refractivity contribution in [1.29, 1.82) is 0 Å². The molecule has 0 aliphatic carbocycles. The summed E-state index contributed by atoms with van der Waals surface area (Å²) >= 11 is 0. The summed E-state index contributed by atoms with van der Waals surface area (Å²) in [6.07, 6.45) is 0. The quantitative estimate of drug-likeness (QED) is 0.0786. The summed E-state index contributed by atoms with van der Waals surface area (Å²) < 4.78 is 64.9. The molecule has 0 N–H and O–H groups in total. The predicted molar refractivity (Wildman–Crippen MR) is 267 cm³/mol. The molecular formula is C57H54O8P2. The Morgan fingerprint density at radius 1 is 0.343 bits per heavy atom. The van der Waals surface area contributed by atoms with Crippen molar-refractivity contribution in [2.45, 2.75) is 58.8 Å². The second-order valence-electron chi connectivity index (χ2n) is 17.2. The van der Waals surface area contributed by atoms with Crippen molar-refractivity contribution in [3.63, 3.8) is 0 Å². The van der Waals surface area contributed by atoms with Crippen LogP contribution < -0.4 is 27.1 Å². The Kier molecular flexibility index (Phi) is 14.1. The van der Waals surface area contributed by atoms with Crippen molar-refractivity contribution >= 4 is 15.6 Å². The lowest BCUT2D eigenvalue weighted by molar-refractivity contribution is 0.296. The topological polar surface area (TPSA) is 89.5 Å². The number of rotatable bonds is 18. The molecule has 8 rings (SSSR count). The first-order valence-electron chi connectivity index (χ1n) is 22.2. The van der Waals surface area contributed by atoms with E-state index in [0.29, 0.717) is 34.5 Å². The molecule has 0 amide bonds. The molecule has 0 radical (unpaired) electrons. The minimum Gasteiger partial charge on any atom is -0.386 e. The van der Waals surface area contributed by atoms with Crippen molar-refractivity contribution in [2.75, 3.05) is 0 Å². The highest BCUT2D eigenvalue weighted by Gasteiger charge is 2.35.